The monoisotopic (exact) mass is 453 g/mol. The molecule has 2 aliphatic rings. The summed E-state index contributed by atoms with van der Waals surface area (Å²) in [6, 6.07) is 15.4. The first-order valence-electron chi connectivity index (χ1n) is 12.1. The van der Waals surface area contributed by atoms with Crippen molar-refractivity contribution in [3.63, 3.8) is 0 Å². The summed E-state index contributed by atoms with van der Waals surface area (Å²) >= 11 is 6.58. The second-order valence-corrected chi connectivity index (χ2v) is 10.1. The summed E-state index contributed by atoms with van der Waals surface area (Å²) in [5.74, 6) is 0.966. The highest BCUT2D eigenvalue weighted by Crippen LogP contribution is 2.37. The van der Waals surface area contributed by atoms with E-state index < -0.39 is 0 Å². The van der Waals surface area contributed by atoms with E-state index in [1.807, 2.05) is 17.0 Å². The van der Waals surface area contributed by atoms with Gasteiger partial charge in [0.15, 0.2) is 0 Å². The highest BCUT2D eigenvalue weighted by molar-refractivity contribution is 6.33. The van der Waals surface area contributed by atoms with Crippen LogP contribution in [0.3, 0.4) is 0 Å². The second-order valence-electron chi connectivity index (χ2n) is 9.71. The predicted octanol–water partition coefficient (Wildman–Crippen LogP) is 6.65. The number of hydrogen-bond donors (Lipinski definition) is 1. The second kappa shape index (κ2) is 10.3. The molecular formula is C27H36ClN3O. The summed E-state index contributed by atoms with van der Waals surface area (Å²) in [5, 5.41) is 3.82. The summed E-state index contributed by atoms with van der Waals surface area (Å²) in [6.07, 6.45) is 4.20. The molecule has 0 radical (unpaired) electrons. The summed E-state index contributed by atoms with van der Waals surface area (Å²) in [7, 11) is 0. The van der Waals surface area contributed by atoms with Crippen LogP contribution in [-0.4, -0.2) is 48.1 Å². The molecule has 0 aromatic heterocycles. The Morgan fingerprint density at radius 3 is 2.19 bits per heavy atom. The van der Waals surface area contributed by atoms with E-state index in [1.165, 1.54) is 16.7 Å². The number of halogens is 1. The maximum Gasteiger partial charge on any atom is 0.321 e. The molecule has 0 unspecified atom stereocenters. The van der Waals surface area contributed by atoms with Crippen molar-refractivity contribution >= 4 is 23.3 Å². The molecule has 2 fully saturated rings. The lowest BCUT2D eigenvalue weighted by molar-refractivity contribution is 0.172. The van der Waals surface area contributed by atoms with Gasteiger partial charge in [0.05, 0.1) is 10.7 Å². The zero-order valence-corrected chi connectivity index (χ0v) is 20.4. The molecule has 2 heterocycles. The average Bonchev–Trinajstić information content (AvgIpc) is 2.81. The van der Waals surface area contributed by atoms with E-state index in [9.17, 15) is 4.79 Å². The number of rotatable bonds is 4. The van der Waals surface area contributed by atoms with Gasteiger partial charge in [-0.05, 0) is 88.6 Å². The van der Waals surface area contributed by atoms with Gasteiger partial charge < -0.3 is 15.1 Å². The van der Waals surface area contributed by atoms with Gasteiger partial charge in [-0.2, -0.15) is 0 Å². The number of likely N-dealkylation sites (tertiary alicyclic amines) is 2. The molecule has 0 atom stereocenters. The maximum absolute atomic E-state index is 13.1. The smallest absolute Gasteiger partial charge is 0.321 e. The van der Waals surface area contributed by atoms with Crippen molar-refractivity contribution < 1.29 is 4.79 Å². The Hall–Kier alpha value is -2.04. The van der Waals surface area contributed by atoms with Gasteiger partial charge in [0.1, 0.15) is 0 Å². The SMILES string of the molecule is Cc1ccc(C2CCN(C(=O)Nc3c(Cl)cccc3C3CCN(C(C)C)CC3)CC2)cc1. The van der Waals surface area contributed by atoms with E-state index in [4.69, 9.17) is 11.6 Å². The van der Waals surface area contributed by atoms with E-state index in [0.29, 0.717) is 22.9 Å². The molecule has 2 aromatic rings. The Bertz CT molecular complexity index is 911. The summed E-state index contributed by atoms with van der Waals surface area (Å²) < 4.78 is 0. The first-order chi connectivity index (χ1) is 15.4. The molecular weight excluding hydrogens is 418 g/mol. The van der Waals surface area contributed by atoms with E-state index >= 15 is 0 Å². The number of nitrogens with one attached hydrogen (secondary N) is 1. The molecule has 2 aliphatic heterocycles. The van der Waals surface area contributed by atoms with Crippen molar-refractivity contribution in [3.05, 3.63) is 64.2 Å². The zero-order valence-electron chi connectivity index (χ0n) is 19.6. The first kappa shape index (κ1) is 23.1. The molecule has 0 spiro atoms. The fourth-order valence-corrected chi connectivity index (χ4v) is 5.41. The van der Waals surface area contributed by atoms with Crippen molar-refractivity contribution in [2.45, 2.75) is 64.3 Å². The lowest BCUT2D eigenvalue weighted by atomic mass is 9.87. The predicted molar refractivity (Wildman–Crippen MR) is 134 cm³/mol. The number of aryl methyl sites for hydroxylation is 1. The van der Waals surface area contributed by atoms with Gasteiger partial charge in [-0.15, -0.1) is 0 Å². The van der Waals surface area contributed by atoms with E-state index in [1.54, 1.807) is 0 Å². The van der Waals surface area contributed by atoms with Crippen LogP contribution in [0.15, 0.2) is 42.5 Å². The van der Waals surface area contributed by atoms with Crippen molar-refractivity contribution in [2.24, 2.45) is 0 Å². The zero-order chi connectivity index (χ0) is 22.7. The van der Waals surface area contributed by atoms with Crippen LogP contribution in [0.4, 0.5) is 10.5 Å². The Balaban J connectivity index is 1.39. The minimum absolute atomic E-state index is 0.0266. The number of hydrogen-bond acceptors (Lipinski definition) is 2. The minimum atomic E-state index is -0.0266. The number of nitrogens with zero attached hydrogens (tertiary/aromatic N) is 2. The lowest BCUT2D eigenvalue weighted by Gasteiger charge is -2.36. The summed E-state index contributed by atoms with van der Waals surface area (Å²) in [5.41, 5.74) is 4.67. The fraction of sp³-hybridized carbons (Fsp3) is 0.519. The number of urea groups is 1. The fourth-order valence-electron chi connectivity index (χ4n) is 5.18. The topological polar surface area (TPSA) is 35.6 Å². The molecule has 4 rings (SSSR count). The molecule has 1 N–H and O–H groups in total. The molecule has 2 amide bonds. The molecule has 5 heteroatoms. The lowest BCUT2D eigenvalue weighted by Crippen LogP contribution is -2.41. The normalized spacial score (nSPS) is 18.8. The average molecular weight is 454 g/mol. The number of carbonyl (C=O) groups excluding carboxylic acids is 1. The Kier molecular flexibility index (Phi) is 7.42. The Morgan fingerprint density at radius 1 is 0.938 bits per heavy atom. The highest BCUT2D eigenvalue weighted by Gasteiger charge is 2.28. The molecule has 0 saturated carbocycles. The molecule has 0 aliphatic carbocycles. The van der Waals surface area contributed by atoms with Crippen molar-refractivity contribution in [1.82, 2.24) is 9.80 Å². The van der Waals surface area contributed by atoms with Crippen LogP contribution in [0.25, 0.3) is 0 Å². The van der Waals surface area contributed by atoms with Crippen LogP contribution >= 0.6 is 11.6 Å². The van der Waals surface area contributed by atoms with Crippen LogP contribution < -0.4 is 5.32 Å². The van der Waals surface area contributed by atoms with Crippen LogP contribution in [0.5, 0.6) is 0 Å². The number of benzene rings is 2. The van der Waals surface area contributed by atoms with Crippen LogP contribution in [0, 0.1) is 6.92 Å². The van der Waals surface area contributed by atoms with Crippen LogP contribution in [0.2, 0.25) is 5.02 Å². The van der Waals surface area contributed by atoms with Gasteiger partial charge in [0.2, 0.25) is 0 Å². The third kappa shape index (κ3) is 5.29. The number of piperidine rings is 2. The van der Waals surface area contributed by atoms with Gasteiger partial charge in [0.25, 0.3) is 0 Å². The highest BCUT2D eigenvalue weighted by atomic mass is 35.5. The van der Waals surface area contributed by atoms with Crippen LogP contribution in [-0.2, 0) is 0 Å². The van der Waals surface area contributed by atoms with Gasteiger partial charge >= 0.3 is 6.03 Å². The van der Waals surface area contributed by atoms with Gasteiger partial charge in [-0.1, -0.05) is 53.6 Å². The minimum Gasteiger partial charge on any atom is -0.324 e. The third-order valence-electron chi connectivity index (χ3n) is 7.31. The van der Waals surface area contributed by atoms with E-state index in [0.717, 1.165) is 57.5 Å². The summed E-state index contributed by atoms with van der Waals surface area (Å²) in [6.45, 7) is 10.4. The van der Waals surface area contributed by atoms with E-state index in [-0.39, 0.29) is 6.03 Å². The summed E-state index contributed by atoms with van der Waals surface area (Å²) in [4.78, 5) is 17.6. The molecule has 4 nitrogen and oxygen atoms in total. The van der Waals surface area contributed by atoms with E-state index in [2.05, 4.69) is 61.3 Å². The number of amides is 2. The molecule has 0 bridgehead atoms. The standard InChI is InChI=1S/C27H36ClN3O/c1-19(2)30-15-13-23(14-16-30)24-5-4-6-25(28)26(24)29-27(32)31-17-11-22(12-18-31)21-9-7-20(3)8-10-21/h4-10,19,22-23H,11-18H2,1-3H3,(H,29,32). The number of carbonyl (C=O) groups is 1. The molecule has 172 valence electrons. The number of para-hydroxylation sites is 1. The van der Waals surface area contributed by atoms with Crippen molar-refractivity contribution in [2.75, 3.05) is 31.5 Å². The van der Waals surface area contributed by atoms with Crippen molar-refractivity contribution in [1.29, 1.82) is 0 Å². The largest absolute Gasteiger partial charge is 0.324 e. The van der Waals surface area contributed by atoms with Gasteiger partial charge in [-0.25, -0.2) is 4.79 Å². The van der Waals surface area contributed by atoms with Crippen molar-refractivity contribution in [3.8, 4) is 0 Å². The molecule has 32 heavy (non-hydrogen) atoms. The molecule has 2 saturated heterocycles. The molecule has 2 aromatic carbocycles. The Labute approximate surface area is 197 Å². The maximum atomic E-state index is 13.1. The number of anilines is 1. The van der Waals surface area contributed by atoms with Crippen LogP contribution in [0.1, 0.15) is 68.1 Å². The van der Waals surface area contributed by atoms with Gasteiger partial charge in [0, 0.05) is 19.1 Å². The van der Waals surface area contributed by atoms with Gasteiger partial charge in [-0.3, -0.25) is 0 Å². The quantitative estimate of drug-likeness (QED) is 0.562. The Morgan fingerprint density at radius 2 is 1.56 bits per heavy atom. The first-order valence-corrected chi connectivity index (χ1v) is 12.4. The third-order valence-corrected chi connectivity index (χ3v) is 7.62.